The van der Waals surface area contributed by atoms with Crippen LogP contribution in [0.25, 0.3) is 122 Å². The molecular weight excluding hydrogens is 825 g/mol. The molecule has 14 rings (SSSR count). The zero-order valence-electron chi connectivity index (χ0n) is 37.0. The Bertz CT molecular complexity index is 3920. The first-order valence-electron chi connectivity index (χ1n) is 23.3. The van der Waals surface area contributed by atoms with E-state index in [4.69, 9.17) is 0 Å². The fourth-order valence-electron chi connectivity index (χ4n) is 11.0. The molecule has 14 aromatic rings. The van der Waals surface area contributed by atoms with Crippen molar-refractivity contribution in [2.45, 2.75) is 0 Å². The van der Waals surface area contributed by atoms with E-state index in [1.807, 2.05) is 0 Å². The molecule has 0 aliphatic carbocycles. The minimum atomic E-state index is 1.12. The Morgan fingerprint density at radius 2 is 0.544 bits per heavy atom. The summed E-state index contributed by atoms with van der Waals surface area (Å²) >= 11 is 0. The highest BCUT2D eigenvalue weighted by Gasteiger charge is 2.23. The molecule has 0 radical (unpaired) electrons. The zero-order chi connectivity index (χ0) is 44.7. The first-order chi connectivity index (χ1) is 33.8. The van der Waals surface area contributed by atoms with Gasteiger partial charge in [0, 0.05) is 55.1 Å². The van der Waals surface area contributed by atoms with Gasteiger partial charge in [0.2, 0.25) is 0 Å². The molecule has 0 unspecified atom stereocenters. The second-order valence-electron chi connectivity index (χ2n) is 17.7. The van der Waals surface area contributed by atoms with E-state index in [0.717, 1.165) is 22.7 Å². The van der Waals surface area contributed by atoms with Crippen LogP contribution < -0.4 is 0 Å². The van der Waals surface area contributed by atoms with Gasteiger partial charge in [-0.05, 0) is 95.1 Å². The Balaban J connectivity index is 0.919. The smallest absolute Gasteiger partial charge is 0.0788 e. The van der Waals surface area contributed by atoms with Crippen LogP contribution in [0.2, 0.25) is 0 Å². The Kier molecular flexibility index (Phi) is 8.55. The Labute approximate surface area is 393 Å². The van der Waals surface area contributed by atoms with Crippen LogP contribution in [0.15, 0.2) is 255 Å². The monoisotopic (exact) mass is 866 g/mol. The highest BCUT2D eigenvalue weighted by atomic mass is 15.1. The predicted molar refractivity (Wildman–Crippen MR) is 285 cm³/mol. The molecule has 0 fully saturated rings. The van der Waals surface area contributed by atoms with Crippen LogP contribution in [0.5, 0.6) is 0 Å². The molecule has 4 heterocycles. The summed E-state index contributed by atoms with van der Waals surface area (Å²) in [7, 11) is 0. The first-order valence-corrected chi connectivity index (χ1v) is 23.3. The minimum Gasteiger partial charge on any atom is -0.307 e. The summed E-state index contributed by atoms with van der Waals surface area (Å²) in [6.45, 7) is 0. The summed E-state index contributed by atoms with van der Waals surface area (Å²) < 4.78 is 9.82. The number of nitrogens with zero attached hydrogens (tertiary/aromatic N) is 4. The third-order valence-corrected chi connectivity index (χ3v) is 13.9. The number of rotatable bonds is 7. The lowest BCUT2D eigenvalue weighted by atomic mass is 10.0. The third kappa shape index (κ3) is 5.81. The van der Waals surface area contributed by atoms with Crippen molar-refractivity contribution in [1.29, 1.82) is 0 Å². The lowest BCUT2D eigenvalue weighted by Crippen LogP contribution is -2.00. The van der Waals surface area contributed by atoms with Gasteiger partial charge in [-0.2, -0.15) is 0 Å². The molecule has 68 heavy (non-hydrogen) atoms. The van der Waals surface area contributed by atoms with Gasteiger partial charge in [0.25, 0.3) is 0 Å². The van der Waals surface area contributed by atoms with Crippen molar-refractivity contribution < 1.29 is 0 Å². The van der Waals surface area contributed by atoms with E-state index in [9.17, 15) is 0 Å². The van der Waals surface area contributed by atoms with Gasteiger partial charge in [0.05, 0.1) is 44.5 Å². The summed E-state index contributed by atoms with van der Waals surface area (Å²) in [5.41, 5.74) is 18.7. The fourth-order valence-corrected chi connectivity index (χ4v) is 11.0. The largest absolute Gasteiger partial charge is 0.307 e. The molecule has 0 saturated heterocycles. The number of aromatic nitrogens is 4. The summed E-state index contributed by atoms with van der Waals surface area (Å²) in [4.78, 5) is 0. The van der Waals surface area contributed by atoms with Crippen LogP contribution in [-0.2, 0) is 0 Å². The molecule has 0 saturated carbocycles. The predicted octanol–water partition coefficient (Wildman–Crippen LogP) is 16.8. The van der Waals surface area contributed by atoms with Gasteiger partial charge in [-0.1, -0.05) is 182 Å². The molecule has 0 bridgehead atoms. The second kappa shape index (κ2) is 15.2. The molecule has 0 aliphatic rings. The van der Waals surface area contributed by atoms with E-state index in [1.54, 1.807) is 0 Å². The van der Waals surface area contributed by atoms with Gasteiger partial charge in [-0.3, -0.25) is 0 Å². The molecule has 4 heteroatoms. The van der Waals surface area contributed by atoms with E-state index in [1.165, 1.54) is 99.1 Å². The second-order valence-corrected chi connectivity index (χ2v) is 17.7. The molecule has 0 spiro atoms. The molecular formula is C64H42N4. The van der Waals surface area contributed by atoms with E-state index in [0.29, 0.717) is 0 Å². The number of hydrogen-bond donors (Lipinski definition) is 0. The summed E-state index contributed by atoms with van der Waals surface area (Å²) in [6, 6.07) is 92.8. The van der Waals surface area contributed by atoms with E-state index in [2.05, 4.69) is 273 Å². The normalized spacial score (nSPS) is 11.8. The summed E-state index contributed by atoms with van der Waals surface area (Å²) in [5, 5.41) is 7.35. The van der Waals surface area contributed by atoms with Gasteiger partial charge >= 0.3 is 0 Å². The fraction of sp³-hybridized carbons (Fsp3) is 0. The zero-order valence-corrected chi connectivity index (χ0v) is 37.0. The van der Waals surface area contributed by atoms with Crippen molar-refractivity contribution in [3.05, 3.63) is 255 Å². The molecule has 318 valence electrons. The lowest BCUT2D eigenvalue weighted by Gasteiger charge is -2.15. The number of fused-ring (bicyclic) bond motifs is 10. The minimum absolute atomic E-state index is 1.12. The van der Waals surface area contributed by atoms with Gasteiger partial charge < -0.3 is 18.3 Å². The standard InChI is InChI=1S/C64H42N4/c1-5-17-45(18-6-1)59-41-47-33-39-55-53-25-13-15-27-57(53)65(63(55)61(47)67(59)49-21-9-3-10-22-49)51-35-29-43(30-36-51)44-31-37-52(38-32-44)66-58-28-16-14-26-54(58)56-40-34-48-42-60(46-19-7-2-8-20-46)68(62(48)64(56)66)50-23-11-4-12-24-50/h1-42H. The number of benzene rings is 10. The van der Waals surface area contributed by atoms with Crippen LogP contribution in [-0.4, -0.2) is 18.3 Å². The molecule has 0 N–H and O–H groups in total. The van der Waals surface area contributed by atoms with Gasteiger partial charge in [-0.15, -0.1) is 0 Å². The quantitative estimate of drug-likeness (QED) is 0.152. The maximum absolute atomic E-state index is 2.46. The molecule has 4 aromatic heterocycles. The summed E-state index contributed by atoms with van der Waals surface area (Å²) in [5.74, 6) is 0. The summed E-state index contributed by atoms with van der Waals surface area (Å²) in [6.07, 6.45) is 0. The van der Waals surface area contributed by atoms with Crippen molar-refractivity contribution in [2.24, 2.45) is 0 Å². The van der Waals surface area contributed by atoms with E-state index < -0.39 is 0 Å². The van der Waals surface area contributed by atoms with Crippen molar-refractivity contribution in [3.63, 3.8) is 0 Å². The van der Waals surface area contributed by atoms with Gasteiger partial charge in [0.15, 0.2) is 0 Å². The van der Waals surface area contributed by atoms with E-state index >= 15 is 0 Å². The third-order valence-electron chi connectivity index (χ3n) is 13.9. The average Bonchev–Trinajstić information content (AvgIpc) is 4.18. The van der Waals surface area contributed by atoms with Gasteiger partial charge in [-0.25, -0.2) is 0 Å². The van der Waals surface area contributed by atoms with Crippen molar-refractivity contribution in [1.82, 2.24) is 18.3 Å². The molecule has 0 atom stereocenters. The maximum Gasteiger partial charge on any atom is 0.0788 e. The van der Waals surface area contributed by atoms with Gasteiger partial charge in [0.1, 0.15) is 0 Å². The highest BCUT2D eigenvalue weighted by molar-refractivity contribution is 6.20. The Morgan fingerprint density at radius 3 is 0.941 bits per heavy atom. The van der Waals surface area contributed by atoms with Crippen molar-refractivity contribution in [2.75, 3.05) is 0 Å². The van der Waals surface area contributed by atoms with Crippen LogP contribution in [0, 0.1) is 0 Å². The average molecular weight is 867 g/mol. The molecule has 0 aliphatic heterocycles. The SMILES string of the molecule is c1ccc(-c2cc3ccc4c5ccccc5n(-c5ccc(-c6ccc(-n7c8ccccc8c8ccc9cc(-c%10ccccc%10)n(-c%10ccccc%10)c9c87)cc6)cc5)c4c3n2-c2ccccc2)cc1. The highest BCUT2D eigenvalue weighted by Crippen LogP contribution is 2.43. The topological polar surface area (TPSA) is 19.7 Å². The van der Waals surface area contributed by atoms with Crippen LogP contribution in [0.4, 0.5) is 0 Å². The molecule has 4 nitrogen and oxygen atoms in total. The Morgan fingerprint density at radius 1 is 0.206 bits per heavy atom. The molecule has 10 aromatic carbocycles. The first kappa shape index (κ1) is 38.2. The van der Waals surface area contributed by atoms with Crippen LogP contribution in [0.1, 0.15) is 0 Å². The maximum atomic E-state index is 2.46. The van der Waals surface area contributed by atoms with Crippen molar-refractivity contribution >= 4 is 65.4 Å². The number of hydrogen-bond acceptors (Lipinski definition) is 0. The lowest BCUT2D eigenvalue weighted by molar-refractivity contribution is 1.12. The number of para-hydroxylation sites is 4. The van der Waals surface area contributed by atoms with Crippen LogP contribution in [0.3, 0.4) is 0 Å². The van der Waals surface area contributed by atoms with E-state index in [-0.39, 0.29) is 0 Å². The Hall–Kier alpha value is -9.12. The van der Waals surface area contributed by atoms with Crippen molar-refractivity contribution in [3.8, 4) is 56.4 Å². The van der Waals surface area contributed by atoms with Crippen LogP contribution >= 0.6 is 0 Å². The molecule has 0 amide bonds.